The van der Waals surface area contributed by atoms with Gasteiger partial charge in [0.15, 0.2) is 0 Å². The first-order chi connectivity index (χ1) is 10.6. The van der Waals surface area contributed by atoms with E-state index in [0.717, 1.165) is 22.9 Å². The van der Waals surface area contributed by atoms with Crippen molar-refractivity contribution < 1.29 is 9.59 Å². The summed E-state index contributed by atoms with van der Waals surface area (Å²) in [5.41, 5.74) is 0.998. The van der Waals surface area contributed by atoms with Crippen LogP contribution in [0.2, 0.25) is 0 Å². The van der Waals surface area contributed by atoms with Gasteiger partial charge in [-0.15, -0.1) is 6.58 Å². The lowest BCUT2D eigenvalue weighted by Gasteiger charge is -2.31. The molecule has 0 unspecified atom stereocenters. The van der Waals surface area contributed by atoms with Crippen LogP contribution in [0, 0.1) is 5.92 Å². The van der Waals surface area contributed by atoms with Gasteiger partial charge in [-0.2, -0.15) is 0 Å². The number of carbonyl (C=O) groups is 2. The fourth-order valence-electron chi connectivity index (χ4n) is 2.62. The van der Waals surface area contributed by atoms with Crippen LogP contribution in [0.4, 0.5) is 0 Å². The van der Waals surface area contributed by atoms with E-state index in [-0.39, 0.29) is 17.7 Å². The Bertz CT molecular complexity index is 551. The first-order valence-electron chi connectivity index (χ1n) is 7.51. The van der Waals surface area contributed by atoms with Gasteiger partial charge >= 0.3 is 0 Å². The van der Waals surface area contributed by atoms with Crippen molar-refractivity contribution in [1.29, 1.82) is 0 Å². The average molecular weight is 365 g/mol. The number of hydrogen-bond donors (Lipinski definition) is 1. The summed E-state index contributed by atoms with van der Waals surface area (Å²) in [5.74, 6) is 0.196. The summed E-state index contributed by atoms with van der Waals surface area (Å²) in [4.78, 5) is 26.1. The third-order valence-electron chi connectivity index (χ3n) is 3.94. The Morgan fingerprint density at radius 3 is 2.64 bits per heavy atom. The molecule has 1 aliphatic rings. The molecule has 1 aromatic carbocycles. The number of likely N-dealkylation sites (tertiary alicyclic amines) is 1. The predicted octanol–water partition coefficient (Wildman–Crippen LogP) is 2.53. The topological polar surface area (TPSA) is 49.4 Å². The summed E-state index contributed by atoms with van der Waals surface area (Å²) < 4.78 is 0.960. The molecule has 1 N–H and O–H groups in total. The van der Waals surface area contributed by atoms with E-state index in [9.17, 15) is 9.59 Å². The Balaban J connectivity index is 1.83. The molecule has 0 saturated carbocycles. The van der Waals surface area contributed by atoms with Gasteiger partial charge in [-0.3, -0.25) is 9.59 Å². The molecule has 1 aliphatic heterocycles. The van der Waals surface area contributed by atoms with Crippen LogP contribution in [0.15, 0.2) is 41.4 Å². The van der Waals surface area contributed by atoms with E-state index in [0.29, 0.717) is 26.1 Å². The number of hydrogen-bond acceptors (Lipinski definition) is 2. The zero-order valence-corrected chi connectivity index (χ0v) is 14.1. The molecule has 0 atom stereocenters. The first-order valence-corrected chi connectivity index (χ1v) is 8.31. The molecule has 0 aromatic heterocycles. The van der Waals surface area contributed by atoms with Crippen molar-refractivity contribution in [1.82, 2.24) is 10.2 Å². The first kappa shape index (κ1) is 16.7. The summed E-state index contributed by atoms with van der Waals surface area (Å²) in [5, 5.41) is 2.83. The van der Waals surface area contributed by atoms with Gasteiger partial charge in [0.1, 0.15) is 0 Å². The van der Waals surface area contributed by atoms with Crippen molar-refractivity contribution in [2.24, 2.45) is 5.92 Å². The lowest BCUT2D eigenvalue weighted by molar-refractivity contribution is -0.135. The van der Waals surface area contributed by atoms with Crippen LogP contribution in [0.5, 0.6) is 0 Å². The van der Waals surface area contributed by atoms with Crippen molar-refractivity contribution in [3.8, 4) is 0 Å². The second kappa shape index (κ2) is 8.13. The van der Waals surface area contributed by atoms with Crippen molar-refractivity contribution >= 4 is 27.7 Å². The van der Waals surface area contributed by atoms with E-state index >= 15 is 0 Å². The van der Waals surface area contributed by atoms with Crippen LogP contribution >= 0.6 is 15.9 Å². The quantitative estimate of drug-likeness (QED) is 0.816. The molecule has 2 rings (SSSR count). The van der Waals surface area contributed by atoms with Crippen molar-refractivity contribution in [3.05, 3.63) is 47.0 Å². The number of amides is 2. The Kier molecular flexibility index (Phi) is 6.19. The molecule has 5 heteroatoms. The summed E-state index contributed by atoms with van der Waals surface area (Å²) in [6, 6.07) is 7.77. The van der Waals surface area contributed by atoms with Crippen LogP contribution in [0.1, 0.15) is 18.4 Å². The SMILES string of the molecule is C=CCNC(=O)C1CCN(C(=O)Cc2ccccc2Br)CC1. The summed E-state index contributed by atoms with van der Waals surface area (Å²) in [6.45, 7) is 5.39. The van der Waals surface area contributed by atoms with Gasteiger partial charge in [0.05, 0.1) is 6.42 Å². The van der Waals surface area contributed by atoms with E-state index in [2.05, 4.69) is 27.8 Å². The third kappa shape index (κ3) is 4.44. The molecule has 1 heterocycles. The van der Waals surface area contributed by atoms with Crippen molar-refractivity contribution in [2.45, 2.75) is 19.3 Å². The third-order valence-corrected chi connectivity index (χ3v) is 4.71. The van der Waals surface area contributed by atoms with Gasteiger partial charge in [0.25, 0.3) is 0 Å². The Labute approximate surface area is 139 Å². The fourth-order valence-corrected chi connectivity index (χ4v) is 3.05. The number of halogens is 1. The minimum atomic E-state index is 0.00691. The largest absolute Gasteiger partial charge is 0.352 e. The maximum Gasteiger partial charge on any atom is 0.227 e. The van der Waals surface area contributed by atoms with Crippen molar-refractivity contribution in [3.63, 3.8) is 0 Å². The minimum Gasteiger partial charge on any atom is -0.352 e. The summed E-state index contributed by atoms with van der Waals surface area (Å²) >= 11 is 3.47. The standard InChI is InChI=1S/C17H21BrN2O2/c1-2-9-19-17(22)13-7-10-20(11-8-13)16(21)12-14-5-3-4-6-15(14)18/h2-6,13H,1,7-12H2,(H,19,22). The van der Waals surface area contributed by atoms with Gasteiger partial charge in [0, 0.05) is 30.0 Å². The summed E-state index contributed by atoms with van der Waals surface area (Å²) in [6.07, 6.45) is 3.53. The van der Waals surface area contributed by atoms with Crippen molar-refractivity contribution in [2.75, 3.05) is 19.6 Å². The normalized spacial score (nSPS) is 15.4. The molecule has 0 radical (unpaired) electrons. The van der Waals surface area contributed by atoms with Gasteiger partial charge in [-0.25, -0.2) is 0 Å². The number of rotatable bonds is 5. The zero-order valence-electron chi connectivity index (χ0n) is 12.6. The van der Waals surface area contributed by atoms with E-state index in [1.807, 2.05) is 29.2 Å². The zero-order chi connectivity index (χ0) is 15.9. The van der Waals surface area contributed by atoms with E-state index in [4.69, 9.17) is 0 Å². The average Bonchev–Trinajstić information content (AvgIpc) is 2.55. The Hall–Kier alpha value is -1.62. The van der Waals surface area contributed by atoms with Gasteiger partial charge < -0.3 is 10.2 Å². The van der Waals surface area contributed by atoms with Crippen LogP contribution in [0.25, 0.3) is 0 Å². The molecule has 22 heavy (non-hydrogen) atoms. The number of nitrogens with one attached hydrogen (secondary N) is 1. The molecular weight excluding hydrogens is 344 g/mol. The molecule has 4 nitrogen and oxygen atoms in total. The van der Waals surface area contributed by atoms with E-state index in [1.54, 1.807) is 6.08 Å². The number of nitrogens with zero attached hydrogens (tertiary/aromatic N) is 1. The predicted molar refractivity (Wildman–Crippen MR) is 90.4 cm³/mol. The van der Waals surface area contributed by atoms with Crippen LogP contribution in [0.3, 0.4) is 0 Å². The molecule has 0 aliphatic carbocycles. The van der Waals surface area contributed by atoms with Gasteiger partial charge in [-0.05, 0) is 24.5 Å². The molecule has 1 fully saturated rings. The maximum atomic E-state index is 12.4. The Morgan fingerprint density at radius 2 is 2.00 bits per heavy atom. The maximum absolute atomic E-state index is 12.4. The number of benzene rings is 1. The molecule has 1 saturated heterocycles. The molecule has 0 bridgehead atoms. The Morgan fingerprint density at radius 1 is 1.32 bits per heavy atom. The fraction of sp³-hybridized carbons (Fsp3) is 0.412. The molecule has 0 spiro atoms. The monoisotopic (exact) mass is 364 g/mol. The van der Waals surface area contributed by atoms with Crippen LogP contribution in [-0.4, -0.2) is 36.3 Å². The molecule has 1 aromatic rings. The second-order valence-electron chi connectivity index (χ2n) is 5.46. The lowest BCUT2D eigenvalue weighted by Crippen LogP contribution is -2.43. The highest BCUT2D eigenvalue weighted by atomic mass is 79.9. The number of carbonyl (C=O) groups excluding carboxylic acids is 2. The molecule has 2 amide bonds. The smallest absolute Gasteiger partial charge is 0.227 e. The van der Waals surface area contributed by atoms with E-state index in [1.165, 1.54) is 0 Å². The number of piperidine rings is 1. The van der Waals surface area contributed by atoms with E-state index < -0.39 is 0 Å². The highest BCUT2D eigenvalue weighted by Crippen LogP contribution is 2.20. The van der Waals surface area contributed by atoms with Crippen LogP contribution < -0.4 is 5.32 Å². The van der Waals surface area contributed by atoms with Gasteiger partial charge in [0.2, 0.25) is 11.8 Å². The molecule has 118 valence electrons. The highest BCUT2D eigenvalue weighted by Gasteiger charge is 2.27. The molecular formula is C17H21BrN2O2. The van der Waals surface area contributed by atoms with Gasteiger partial charge in [-0.1, -0.05) is 40.2 Å². The van der Waals surface area contributed by atoms with Crippen LogP contribution in [-0.2, 0) is 16.0 Å². The minimum absolute atomic E-state index is 0.00691. The summed E-state index contributed by atoms with van der Waals surface area (Å²) in [7, 11) is 0. The lowest BCUT2D eigenvalue weighted by atomic mass is 9.95. The second-order valence-corrected chi connectivity index (χ2v) is 6.31. The highest BCUT2D eigenvalue weighted by molar-refractivity contribution is 9.10.